The van der Waals surface area contributed by atoms with Gasteiger partial charge in [-0.2, -0.15) is 0 Å². The number of nitrogens with zero attached hydrogens (tertiary/aromatic N) is 2. The molecule has 0 fully saturated rings. The van der Waals surface area contributed by atoms with Crippen LogP contribution in [-0.4, -0.2) is 17.1 Å². The fourth-order valence-electron chi connectivity index (χ4n) is 1.80. The molecule has 0 saturated carbocycles. The van der Waals surface area contributed by atoms with Crippen LogP contribution in [0.1, 0.15) is 25.5 Å². The number of benzene rings is 1. The van der Waals surface area contributed by atoms with Crippen molar-refractivity contribution in [1.29, 1.82) is 0 Å². The Morgan fingerprint density at radius 1 is 1.21 bits per heavy atom. The summed E-state index contributed by atoms with van der Waals surface area (Å²) in [5.74, 6) is 1.23. The van der Waals surface area contributed by atoms with Crippen molar-refractivity contribution in [2.75, 3.05) is 12.8 Å². The summed E-state index contributed by atoms with van der Waals surface area (Å²) in [5.41, 5.74) is 8.19. The lowest BCUT2D eigenvalue weighted by Gasteiger charge is -2.11. The summed E-state index contributed by atoms with van der Waals surface area (Å²) in [4.78, 5) is 8.49. The zero-order valence-corrected chi connectivity index (χ0v) is 11.9. The van der Waals surface area contributed by atoms with Gasteiger partial charge in [-0.1, -0.05) is 25.4 Å². The molecule has 0 amide bonds. The second-order valence-corrected chi connectivity index (χ2v) is 4.97. The maximum Gasteiger partial charge on any atom is 0.220 e. The van der Waals surface area contributed by atoms with E-state index in [1.54, 1.807) is 13.2 Å². The van der Waals surface area contributed by atoms with E-state index >= 15 is 0 Å². The van der Waals surface area contributed by atoms with Crippen molar-refractivity contribution in [2.24, 2.45) is 0 Å². The number of nitrogens with two attached hydrogens (primary N) is 1. The standard InChI is InChI=1S/C14H16ClN3O/c1-8(2)11-7-12(18-14(16)17-11)10-6-9(15)4-5-13(10)19-3/h4-8H,1-3H3,(H2,16,17,18). The number of hydrogen-bond donors (Lipinski definition) is 1. The summed E-state index contributed by atoms with van der Waals surface area (Å²) in [5, 5.41) is 0.624. The first-order valence-electron chi connectivity index (χ1n) is 5.99. The Kier molecular flexibility index (Phi) is 3.90. The molecule has 4 nitrogen and oxygen atoms in total. The molecular weight excluding hydrogens is 262 g/mol. The van der Waals surface area contributed by atoms with Crippen LogP contribution in [0.25, 0.3) is 11.3 Å². The molecule has 0 aliphatic carbocycles. The molecule has 0 atom stereocenters. The van der Waals surface area contributed by atoms with Gasteiger partial charge in [-0.25, -0.2) is 9.97 Å². The highest BCUT2D eigenvalue weighted by molar-refractivity contribution is 6.30. The van der Waals surface area contributed by atoms with Gasteiger partial charge in [0, 0.05) is 16.3 Å². The van der Waals surface area contributed by atoms with Crippen LogP contribution in [0.15, 0.2) is 24.3 Å². The van der Waals surface area contributed by atoms with E-state index in [0.717, 1.165) is 17.0 Å². The molecule has 2 aromatic rings. The first-order chi connectivity index (χ1) is 9.01. The molecule has 0 saturated heterocycles. The molecule has 0 unspecified atom stereocenters. The maximum atomic E-state index is 6.04. The third-order valence-corrected chi connectivity index (χ3v) is 3.03. The fraction of sp³-hybridized carbons (Fsp3) is 0.286. The van der Waals surface area contributed by atoms with E-state index < -0.39 is 0 Å². The van der Waals surface area contributed by atoms with Crippen molar-refractivity contribution < 1.29 is 4.74 Å². The van der Waals surface area contributed by atoms with E-state index in [2.05, 4.69) is 23.8 Å². The van der Waals surface area contributed by atoms with Gasteiger partial charge in [0.05, 0.1) is 12.8 Å². The third-order valence-electron chi connectivity index (χ3n) is 2.79. The van der Waals surface area contributed by atoms with Gasteiger partial charge in [-0.05, 0) is 30.2 Å². The number of nitrogen functional groups attached to an aromatic ring is 1. The summed E-state index contributed by atoms with van der Waals surface area (Å²) < 4.78 is 5.34. The average molecular weight is 278 g/mol. The Balaban J connectivity index is 2.61. The van der Waals surface area contributed by atoms with Gasteiger partial charge in [0.2, 0.25) is 5.95 Å². The van der Waals surface area contributed by atoms with E-state index in [1.807, 2.05) is 18.2 Å². The van der Waals surface area contributed by atoms with E-state index in [1.165, 1.54) is 0 Å². The van der Waals surface area contributed by atoms with Crippen LogP contribution >= 0.6 is 11.6 Å². The van der Waals surface area contributed by atoms with E-state index in [0.29, 0.717) is 10.8 Å². The highest BCUT2D eigenvalue weighted by atomic mass is 35.5. The molecule has 0 bridgehead atoms. The SMILES string of the molecule is COc1ccc(Cl)cc1-c1cc(C(C)C)nc(N)n1. The highest BCUT2D eigenvalue weighted by Crippen LogP contribution is 2.32. The molecule has 1 aromatic carbocycles. The summed E-state index contributed by atoms with van der Waals surface area (Å²) in [7, 11) is 1.61. The molecule has 5 heteroatoms. The minimum Gasteiger partial charge on any atom is -0.496 e. The summed E-state index contributed by atoms with van der Waals surface area (Å²) >= 11 is 6.04. The van der Waals surface area contributed by atoms with Crippen LogP contribution in [0, 0.1) is 0 Å². The van der Waals surface area contributed by atoms with E-state index in [4.69, 9.17) is 22.1 Å². The van der Waals surface area contributed by atoms with Crippen molar-refractivity contribution >= 4 is 17.5 Å². The number of ether oxygens (including phenoxy) is 1. The summed E-state index contributed by atoms with van der Waals surface area (Å²) in [6.07, 6.45) is 0. The first-order valence-corrected chi connectivity index (χ1v) is 6.37. The van der Waals surface area contributed by atoms with Crippen LogP contribution in [-0.2, 0) is 0 Å². The summed E-state index contributed by atoms with van der Waals surface area (Å²) in [6, 6.07) is 7.31. The van der Waals surface area contributed by atoms with Gasteiger partial charge in [0.25, 0.3) is 0 Å². The van der Waals surface area contributed by atoms with Crippen LogP contribution in [0.5, 0.6) is 5.75 Å². The normalized spacial score (nSPS) is 10.8. The Hall–Kier alpha value is -1.81. The number of hydrogen-bond acceptors (Lipinski definition) is 4. The number of anilines is 1. The molecule has 0 radical (unpaired) electrons. The van der Waals surface area contributed by atoms with Crippen LogP contribution in [0.2, 0.25) is 5.02 Å². The molecule has 0 aliphatic rings. The van der Waals surface area contributed by atoms with Crippen molar-refractivity contribution in [1.82, 2.24) is 9.97 Å². The minimum absolute atomic E-state index is 0.253. The molecule has 0 aliphatic heterocycles. The zero-order chi connectivity index (χ0) is 14.0. The molecular formula is C14H16ClN3O. The maximum absolute atomic E-state index is 6.04. The van der Waals surface area contributed by atoms with Crippen molar-refractivity contribution in [2.45, 2.75) is 19.8 Å². The van der Waals surface area contributed by atoms with E-state index in [9.17, 15) is 0 Å². The smallest absolute Gasteiger partial charge is 0.220 e. The Labute approximate surface area is 117 Å². The number of halogens is 1. The quantitative estimate of drug-likeness (QED) is 0.932. The number of rotatable bonds is 3. The largest absolute Gasteiger partial charge is 0.496 e. The molecule has 2 N–H and O–H groups in total. The molecule has 1 heterocycles. The Morgan fingerprint density at radius 2 is 1.95 bits per heavy atom. The van der Waals surface area contributed by atoms with Gasteiger partial charge in [-0.3, -0.25) is 0 Å². The fourth-order valence-corrected chi connectivity index (χ4v) is 1.97. The van der Waals surface area contributed by atoms with E-state index in [-0.39, 0.29) is 11.9 Å². The zero-order valence-electron chi connectivity index (χ0n) is 11.1. The Morgan fingerprint density at radius 3 is 2.58 bits per heavy atom. The summed E-state index contributed by atoms with van der Waals surface area (Å²) in [6.45, 7) is 4.11. The highest BCUT2D eigenvalue weighted by Gasteiger charge is 2.12. The molecule has 1 aromatic heterocycles. The lowest BCUT2D eigenvalue weighted by Crippen LogP contribution is -2.02. The number of aromatic nitrogens is 2. The predicted molar refractivity (Wildman–Crippen MR) is 77.5 cm³/mol. The van der Waals surface area contributed by atoms with Crippen LogP contribution in [0.3, 0.4) is 0 Å². The van der Waals surface area contributed by atoms with Crippen molar-refractivity contribution in [3.8, 4) is 17.0 Å². The van der Waals surface area contributed by atoms with Gasteiger partial charge in [0.15, 0.2) is 0 Å². The van der Waals surface area contributed by atoms with Crippen molar-refractivity contribution in [3.05, 3.63) is 35.0 Å². The van der Waals surface area contributed by atoms with Crippen molar-refractivity contribution in [3.63, 3.8) is 0 Å². The lowest BCUT2D eigenvalue weighted by atomic mass is 10.1. The molecule has 19 heavy (non-hydrogen) atoms. The Bertz CT molecular complexity index is 599. The third kappa shape index (κ3) is 2.96. The van der Waals surface area contributed by atoms with Gasteiger partial charge >= 0.3 is 0 Å². The van der Waals surface area contributed by atoms with Gasteiger partial charge < -0.3 is 10.5 Å². The second-order valence-electron chi connectivity index (χ2n) is 4.54. The topological polar surface area (TPSA) is 61.0 Å². The minimum atomic E-state index is 0.253. The molecule has 100 valence electrons. The average Bonchev–Trinajstić information content (AvgIpc) is 2.37. The van der Waals surface area contributed by atoms with Crippen LogP contribution < -0.4 is 10.5 Å². The molecule has 0 spiro atoms. The monoisotopic (exact) mass is 277 g/mol. The first kappa shape index (κ1) is 13.6. The number of methoxy groups -OCH3 is 1. The lowest BCUT2D eigenvalue weighted by molar-refractivity contribution is 0.416. The van der Waals surface area contributed by atoms with Gasteiger partial charge in [0.1, 0.15) is 5.75 Å². The van der Waals surface area contributed by atoms with Crippen LogP contribution in [0.4, 0.5) is 5.95 Å². The van der Waals surface area contributed by atoms with Gasteiger partial charge in [-0.15, -0.1) is 0 Å². The molecule has 2 rings (SSSR count). The second kappa shape index (κ2) is 5.45. The predicted octanol–water partition coefficient (Wildman–Crippen LogP) is 3.51.